The second-order valence-corrected chi connectivity index (χ2v) is 4.60. The van der Waals surface area contributed by atoms with E-state index in [1.165, 1.54) is 6.92 Å². The minimum absolute atomic E-state index is 0.0186. The Balaban J connectivity index is 1.76. The Morgan fingerprint density at radius 2 is 1.95 bits per heavy atom. The lowest BCUT2D eigenvalue weighted by Gasteiger charge is -2.36. The molecule has 0 bridgehead atoms. The molecular formula is C14H16N2O5. The maximum absolute atomic E-state index is 11.6. The number of hydrogen-bond acceptors (Lipinski definition) is 5. The van der Waals surface area contributed by atoms with Gasteiger partial charge in [0.1, 0.15) is 19.3 Å². The fourth-order valence-electron chi connectivity index (χ4n) is 1.85. The summed E-state index contributed by atoms with van der Waals surface area (Å²) in [5, 5.41) is 4.99. The van der Waals surface area contributed by atoms with Crippen LogP contribution in [0.2, 0.25) is 0 Å². The molecule has 21 heavy (non-hydrogen) atoms. The van der Waals surface area contributed by atoms with Crippen molar-refractivity contribution in [2.75, 3.05) is 6.61 Å². The van der Waals surface area contributed by atoms with E-state index in [9.17, 15) is 14.4 Å². The number of rotatable bonds is 5. The van der Waals surface area contributed by atoms with E-state index in [2.05, 4.69) is 10.6 Å². The van der Waals surface area contributed by atoms with Crippen LogP contribution in [0.4, 0.5) is 4.79 Å². The van der Waals surface area contributed by atoms with E-state index < -0.39 is 24.1 Å². The average molecular weight is 292 g/mol. The van der Waals surface area contributed by atoms with Gasteiger partial charge in [-0.1, -0.05) is 30.3 Å². The van der Waals surface area contributed by atoms with Gasteiger partial charge in [-0.3, -0.25) is 9.59 Å². The van der Waals surface area contributed by atoms with Crippen LogP contribution in [0.15, 0.2) is 30.3 Å². The van der Waals surface area contributed by atoms with Crippen LogP contribution in [-0.4, -0.2) is 36.7 Å². The Kier molecular flexibility index (Phi) is 4.76. The summed E-state index contributed by atoms with van der Waals surface area (Å²) in [7, 11) is 0. The van der Waals surface area contributed by atoms with E-state index in [1.807, 2.05) is 30.3 Å². The Bertz CT molecular complexity index is 531. The molecule has 1 aromatic rings. The summed E-state index contributed by atoms with van der Waals surface area (Å²) in [5.74, 6) is -0.773. The van der Waals surface area contributed by atoms with Gasteiger partial charge in [0.2, 0.25) is 5.91 Å². The molecule has 2 atom stereocenters. The first-order chi connectivity index (χ1) is 10.1. The van der Waals surface area contributed by atoms with E-state index in [-0.39, 0.29) is 19.1 Å². The molecule has 7 heteroatoms. The maximum Gasteiger partial charge on any atom is 0.408 e. The molecule has 0 aromatic heterocycles. The third-order valence-electron chi connectivity index (χ3n) is 2.96. The predicted octanol–water partition coefficient (Wildman–Crippen LogP) is 0.343. The summed E-state index contributed by atoms with van der Waals surface area (Å²) < 4.78 is 9.81. The van der Waals surface area contributed by atoms with Gasteiger partial charge in [0.05, 0.1) is 6.04 Å². The van der Waals surface area contributed by atoms with E-state index in [0.29, 0.717) is 0 Å². The highest BCUT2D eigenvalue weighted by molar-refractivity contribution is 5.92. The van der Waals surface area contributed by atoms with Crippen molar-refractivity contribution < 1.29 is 23.9 Å². The smallest absolute Gasteiger partial charge is 0.408 e. The highest BCUT2D eigenvalue weighted by Crippen LogP contribution is 2.08. The lowest BCUT2D eigenvalue weighted by molar-refractivity contribution is -0.146. The van der Waals surface area contributed by atoms with Crippen LogP contribution in [-0.2, 0) is 25.7 Å². The first kappa shape index (κ1) is 14.8. The van der Waals surface area contributed by atoms with Gasteiger partial charge in [0.15, 0.2) is 0 Å². The molecule has 1 fully saturated rings. The quantitative estimate of drug-likeness (QED) is 0.603. The molecule has 0 unspecified atom stereocenters. The number of benzene rings is 1. The SMILES string of the molecule is CC(=O)OC[C@@H]1NC(=O)[C@@H]1NC(=O)OCc1ccccc1. The number of carbonyl (C=O) groups is 3. The number of esters is 1. The Hall–Kier alpha value is -2.57. The Morgan fingerprint density at radius 3 is 2.57 bits per heavy atom. The highest BCUT2D eigenvalue weighted by atomic mass is 16.5. The normalized spacial score (nSPS) is 20.0. The standard InChI is InChI=1S/C14H16N2O5/c1-9(17)20-8-11-12(13(18)15-11)16-14(19)21-7-10-5-3-2-4-6-10/h2-6,11-12H,7-8H2,1H3,(H,15,18)(H,16,19)/t11-,12+/m0/s1. The van der Waals surface area contributed by atoms with Crippen molar-refractivity contribution >= 4 is 18.0 Å². The Labute approximate surface area is 121 Å². The second kappa shape index (κ2) is 6.74. The molecule has 0 spiro atoms. The molecule has 2 rings (SSSR count). The molecule has 1 aromatic carbocycles. The third kappa shape index (κ3) is 4.20. The van der Waals surface area contributed by atoms with E-state index >= 15 is 0 Å². The van der Waals surface area contributed by atoms with E-state index in [4.69, 9.17) is 9.47 Å². The summed E-state index contributed by atoms with van der Waals surface area (Å²) in [6.45, 7) is 1.41. The van der Waals surface area contributed by atoms with Crippen LogP contribution in [0.3, 0.4) is 0 Å². The van der Waals surface area contributed by atoms with Crippen LogP contribution in [0, 0.1) is 0 Å². The number of alkyl carbamates (subject to hydrolysis) is 1. The molecule has 2 N–H and O–H groups in total. The molecule has 2 amide bonds. The minimum atomic E-state index is -0.743. The summed E-state index contributed by atoms with van der Waals surface area (Å²) in [5.41, 5.74) is 0.849. The molecule has 7 nitrogen and oxygen atoms in total. The van der Waals surface area contributed by atoms with Gasteiger partial charge in [-0.15, -0.1) is 0 Å². The molecule has 112 valence electrons. The van der Waals surface area contributed by atoms with Gasteiger partial charge in [-0.2, -0.15) is 0 Å². The second-order valence-electron chi connectivity index (χ2n) is 4.60. The summed E-state index contributed by atoms with van der Waals surface area (Å²) in [6, 6.07) is 8.02. The summed E-state index contributed by atoms with van der Waals surface area (Å²) in [4.78, 5) is 33.7. The van der Waals surface area contributed by atoms with Crippen molar-refractivity contribution in [1.29, 1.82) is 0 Å². The third-order valence-corrected chi connectivity index (χ3v) is 2.96. The van der Waals surface area contributed by atoms with Crippen molar-refractivity contribution in [3.8, 4) is 0 Å². The number of β-lactam (4-membered cyclic amide) rings is 1. The number of nitrogens with one attached hydrogen (secondary N) is 2. The van der Waals surface area contributed by atoms with Gasteiger partial charge in [0, 0.05) is 6.92 Å². The molecular weight excluding hydrogens is 276 g/mol. The van der Waals surface area contributed by atoms with Gasteiger partial charge in [0.25, 0.3) is 0 Å². The summed E-state index contributed by atoms with van der Waals surface area (Å²) >= 11 is 0. The van der Waals surface area contributed by atoms with Crippen LogP contribution >= 0.6 is 0 Å². The van der Waals surface area contributed by atoms with Gasteiger partial charge in [-0.05, 0) is 5.56 Å². The predicted molar refractivity (Wildman–Crippen MR) is 72.1 cm³/mol. The molecule has 1 aliphatic heterocycles. The van der Waals surface area contributed by atoms with Gasteiger partial charge in [-0.25, -0.2) is 4.79 Å². The number of hydrogen-bond donors (Lipinski definition) is 2. The zero-order valence-electron chi connectivity index (χ0n) is 11.5. The lowest BCUT2D eigenvalue weighted by Crippen LogP contribution is -2.70. The lowest BCUT2D eigenvalue weighted by atomic mass is 10.0. The van der Waals surface area contributed by atoms with Crippen molar-refractivity contribution in [1.82, 2.24) is 10.6 Å². The van der Waals surface area contributed by atoms with Crippen LogP contribution in [0.5, 0.6) is 0 Å². The van der Waals surface area contributed by atoms with Gasteiger partial charge < -0.3 is 20.1 Å². The monoisotopic (exact) mass is 292 g/mol. The molecule has 1 saturated heterocycles. The molecule has 0 aliphatic carbocycles. The fourth-order valence-corrected chi connectivity index (χ4v) is 1.85. The van der Waals surface area contributed by atoms with E-state index in [0.717, 1.165) is 5.56 Å². The Morgan fingerprint density at radius 1 is 1.24 bits per heavy atom. The van der Waals surface area contributed by atoms with Crippen molar-refractivity contribution in [2.45, 2.75) is 25.6 Å². The molecule has 1 aliphatic rings. The number of amides is 2. The first-order valence-corrected chi connectivity index (χ1v) is 6.47. The first-order valence-electron chi connectivity index (χ1n) is 6.47. The number of carbonyl (C=O) groups excluding carboxylic acids is 3. The molecule has 1 heterocycles. The zero-order chi connectivity index (χ0) is 15.2. The van der Waals surface area contributed by atoms with Crippen LogP contribution in [0.1, 0.15) is 12.5 Å². The minimum Gasteiger partial charge on any atom is -0.464 e. The zero-order valence-corrected chi connectivity index (χ0v) is 11.5. The van der Waals surface area contributed by atoms with Crippen LogP contribution in [0.25, 0.3) is 0 Å². The van der Waals surface area contributed by atoms with E-state index in [1.54, 1.807) is 0 Å². The van der Waals surface area contributed by atoms with Crippen molar-refractivity contribution in [3.63, 3.8) is 0 Å². The summed E-state index contributed by atoms with van der Waals surface area (Å²) in [6.07, 6.45) is -0.688. The van der Waals surface area contributed by atoms with Crippen molar-refractivity contribution in [2.24, 2.45) is 0 Å². The molecule has 0 saturated carbocycles. The molecule has 0 radical (unpaired) electrons. The van der Waals surface area contributed by atoms with Crippen LogP contribution < -0.4 is 10.6 Å². The fraction of sp³-hybridized carbons (Fsp3) is 0.357. The maximum atomic E-state index is 11.6. The van der Waals surface area contributed by atoms with Crippen molar-refractivity contribution in [3.05, 3.63) is 35.9 Å². The number of ether oxygens (including phenoxy) is 2. The topological polar surface area (TPSA) is 93.7 Å². The largest absolute Gasteiger partial charge is 0.464 e. The highest BCUT2D eigenvalue weighted by Gasteiger charge is 2.41. The van der Waals surface area contributed by atoms with Gasteiger partial charge >= 0.3 is 12.1 Å². The average Bonchev–Trinajstić information content (AvgIpc) is 2.47.